The molecular weight excluding hydrogens is 240 g/mol. The Morgan fingerprint density at radius 2 is 2.05 bits per heavy atom. The Morgan fingerprint density at radius 1 is 1.37 bits per heavy atom. The fourth-order valence-corrected chi connectivity index (χ4v) is 1.49. The summed E-state index contributed by atoms with van der Waals surface area (Å²) >= 11 is 0. The van der Waals surface area contributed by atoms with E-state index >= 15 is 0 Å². The van der Waals surface area contributed by atoms with Gasteiger partial charge in [0.2, 0.25) is 0 Å². The molecule has 0 aliphatic heterocycles. The van der Waals surface area contributed by atoms with E-state index in [0.717, 1.165) is 18.8 Å². The first-order chi connectivity index (χ1) is 8.78. The van der Waals surface area contributed by atoms with E-state index in [1.807, 2.05) is 13.1 Å². The second-order valence-electron chi connectivity index (χ2n) is 6.05. The third kappa shape index (κ3) is 6.18. The molecule has 1 rings (SSSR count). The molecule has 0 amide bonds. The normalized spacial score (nSPS) is 11.2. The van der Waals surface area contributed by atoms with Crippen LogP contribution < -0.4 is 10.2 Å². The molecule has 0 spiro atoms. The highest BCUT2D eigenvalue weighted by Gasteiger charge is 2.12. The number of anilines is 2. The number of nitrogens with one attached hydrogen (secondary N) is 1. The average molecular weight is 264 g/mol. The molecule has 0 aliphatic rings. The highest BCUT2D eigenvalue weighted by atomic mass is 16.1. The van der Waals surface area contributed by atoms with Crippen molar-refractivity contribution in [3.05, 3.63) is 12.4 Å². The standard InChI is InChI=1S/C14H24N4O/c1-11(19)9-15-12-8-13(17-10-16-12)18(5)7-6-14(2,3)4/h8,10H,6-7,9H2,1-5H3,(H,15,16,17). The quantitative estimate of drug-likeness (QED) is 0.854. The van der Waals surface area contributed by atoms with E-state index in [9.17, 15) is 4.79 Å². The number of hydrogen-bond acceptors (Lipinski definition) is 5. The molecule has 0 saturated heterocycles. The van der Waals surface area contributed by atoms with Crippen LogP contribution in [0.25, 0.3) is 0 Å². The van der Waals surface area contributed by atoms with Gasteiger partial charge in [-0.1, -0.05) is 20.8 Å². The lowest BCUT2D eigenvalue weighted by Crippen LogP contribution is -2.24. The summed E-state index contributed by atoms with van der Waals surface area (Å²) in [5, 5.41) is 2.98. The Bertz CT molecular complexity index is 426. The van der Waals surface area contributed by atoms with Crippen LogP contribution in [0, 0.1) is 5.41 Å². The summed E-state index contributed by atoms with van der Waals surface area (Å²) in [5.74, 6) is 1.63. The van der Waals surface area contributed by atoms with Gasteiger partial charge in [-0.25, -0.2) is 9.97 Å². The molecule has 1 heterocycles. The van der Waals surface area contributed by atoms with Gasteiger partial charge in [-0.05, 0) is 18.8 Å². The van der Waals surface area contributed by atoms with Gasteiger partial charge in [-0.15, -0.1) is 0 Å². The van der Waals surface area contributed by atoms with Crippen molar-refractivity contribution in [1.82, 2.24) is 9.97 Å². The van der Waals surface area contributed by atoms with Gasteiger partial charge < -0.3 is 10.2 Å². The summed E-state index contributed by atoms with van der Waals surface area (Å²) in [7, 11) is 2.02. The zero-order chi connectivity index (χ0) is 14.5. The van der Waals surface area contributed by atoms with Gasteiger partial charge in [0.15, 0.2) is 0 Å². The van der Waals surface area contributed by atoms with Crippen LogP contribution in [0.15, 0.2) is 12.4 Å². The van der Waals surface area contributed by atoms with Crippen molar-refractivity contribution in [3.63, 3.8) is 0 Å². The van der Waals surface area contributed by atoms with Crippen LogP contribution in [0.5, 0.6) is 0 Å². The second-order valence-corrected chi connectivity index (χ2v) is 6.05. The van der Waals surface area contributed by atoms with Crippen molar-refractivity contribution in [2.24, 2.45) is 5.41 Å². The van der Waals surface area contributed by atoms with E-state index in [0.29, 0.717) is 17.8 Å². The Hall–Kier alpha value is -1.65. The number of carbonyl (C=O) groups excluding carboxylic acids is 1. The first-order valence-electron chi connectivity index (χ1n) is 6.54. The molecule has 0 fully saturated rings. The van der Waals surface area contributed by atoms with E-state index in [1.54, 1.807) is 6.92 Å². The number of aromatic nitrogens is 2. The second kappa shape index (κ2) is 6.50. The highest BCUT2D eigenvalue weighted by Crippen LogP contribution is 2.20. The fourth-order valence-electron chi connectivity index (χ4n) is 1.49. The van der Waals surface area contributed by atoms with E-state index in [4.69, 9.17) is 0 Å². The number of rotatable bonds is 6. The summed E-state index contributed by atoms with van der Waals surface area (Å²) in [6, 6.07) is 1.87. The molecule has 1 aromatic rings. The van der Waals surface area contributed by atoms with Crippen molar-refractivity contribution in [2.75, 3.05) is 30.4 Å². The van der Waals surface area contributed by atoms with Gasteiger partial charge >= 0.3 is 0 Å². The van der Waals surface area contributed by atoms with Crippen LogP contribution >= 0.6 is 0 Å². The predicted molar refractivity (Wildman–Crippen MR) is 78.5 cm³/mol. The van der Waals surface area contributed by atoms with Crippen molar-refractivity contribution >= 4 is 17.4 Å². The molecule has 5 heteroatoms. The lowest BCUT2D eigenvalue weighted by molar-refractivity contribution is -0.115. The molecule has 106 valence electrons. The zero-order valence-corrected chi connectivity index (χ0v) is 12.5. The Balaban J connectivity index is 2.62. The minimum absolute atomic E-state index is 0.0845. The first kappa shape index (κ1) is 15.4. The summed E-state index contributed by atoms with van der Waals surface area (Å²) < 4.78 is 0. The summed E-state index contributed by atoms with van der Waals surface area (Å²) in [6.45, 7) is 9.45. The Labute approximate surface area is 115 Å². The maximum absolute atomic E-state index is 10.9. The number of carbonyl (C=O) groups is 1. The number of hydrogen-bond donors (Lipinski definition) is 1. The van der Waals surface area contributed by atoms with Crippen LogP contribution in [0.2, 0.25) is 0 Å². The smallest absolute Gasteiger partial charge is 0.148 e. The molecule has 0 bridgehead atoms. The van der Waals surface area contributed by atoms with Crippen molar-refractivity contribution in [3.8, 4) is 0 Å². The Kier molecular flexibility index (Phi) is 5.27. The predicted octanol–water partition coefficient (Wildman–Crippen LogP) is 2.35. The topological polar surface area (TPSA) is 58.1 Å². The number of nitrogens with zero attached hydrogens (tertiary/aromatic N) is 3. The minimum Gasteiger partial charge on any atom is -0.363 e. The van der Waals surface area contributed by atoms with Gasteiger partial charge in [0.25, 0.3) is 0 Å². The molecule has 19 heavy (non-hydrogen) atoms. The molecule has 5 nitrogen and oxygen atoms in total. The van der Waals surface area contributed by atoms with Crippen LogP contribution in [-0.2, 0) is 4.79 Å². The monoisotopic (exact) mass is 264 g/mol. The van der Waals surface area contributed by atoms with Crippen molar-refractivity contribution < 1.29 is 4.79 Å². The van der Waals surface area contributed by atoms with E-state index in [1.165, 1.54) is 6.33 Å². The van der Waals surface area contributed by atoms with E-state index < -0.39 is 0 Å². The molecule has 0 unspecified atom stereocenters. The van der Waals surface area contributed by atoms with Crippen LogP contribution in [0.4, 0.5) is 11.6 Å². The third-order valence-corrected chi connectivity index (χ3v) is 2.76. The average Bonchev–Trinajstić information content (AvgIpc) is 2.33. The van der Waals surface area contributed by atoms with E-state index in [-0.39, 0.29) is 5.78 Å². The van der Waals surface area contributed by atoms with Crippen LogP contribution in [0.3, 0.4) is 0 Å². The molecule has 0 aliphatic carbocycles. The highest BCUT2D eigenvalue weighted by molar-refractivity contribution is 5.80. The van der Waals surface area contributed by atoms with Crippen molar-refractivity contribution in [2.45, 2.75) is 34.1 Å². The van der Waals surface area contributed by atoms with Crippen molar-refractivity contribution in [1.29, 1.82) is 0 Å². The summed E-state index contributed by atoms with van der Waals surface area (Å²) in [4.78, 5) is 21.4. The minimum atomic E-state index is 0.0845. The SMILES string of the molecule is CC(=O)CNc1cc(N(C)CCC(C)(C)C)ncn1. The van der Waals surface area contributed by atoms with Gasteiger partial charge in [-0.2, -0.15) is 0 Å². The molecule has 0 aromatic carbocycles. The third-order valence-electron chi connectivity index (χ3n) is 2.76. The largest absolute Gasteiger partial charge is 0.363 e. The molecule has 0 saturated carbocycles. The molecule has 1 N–H and O–H groups in total. The summed E-state index contributed by atoms with van der Waals surface area (Å²) in [5.41, 5.74) is 0.303. The summed E-state index contributed by atoms with van der Waals surface area (Å²) in [6.07, 6.45) is 2.61. The molecule has 0 atom stereocenters. The number of Topliss-reactive ketones (excluding diaryl/α,β-unsaturated/α-hetero) is 1. The van der Waals surface area contributed by atoms with Gasteiger partial charge in [0, 0.05) is 19.7 Å². The van der Waals surface area contributed by atoms with Gasteiger partial charge in [0.05, 0.1) is 6.54 Å². The van der Waals surface area contributed by atoms with Gasteiger partial charge in [-0.3, -0.25) is 4.79 Å². The molecule has 1 aromatic heterocycles. The zero-order valence-electron chi connectivity index (χ0n) is 12.5. The Morgan fingerprint density at radius 3 is 2.63 bits per heavy atom. The molecular formula is C14H24N4O. The van der Waals surface area contributed by atoms with Gasteiger partial charge in [0.1, 0.15) is 23.7 Å². The maximum Gasteiger partial charge on any atom is 0.148 e. The van der Waals surface area contributed by atoms with Crippen LogP contribution in [-0.4, -0.2) is 35.9 Å². The molecule has 0 radical (unpaired) electrons. The fraction of sp³-hybridized carbons (Fsp3) is 0.643. The van der Waals surface area contributed by atoms with Crippen LogP contribution in [0.1, 0.15) is 34.1 Å². The first-order valence-corrected chi connectivity index (χ1v) is 6.54. The maximum atomic E-state index is 10.9. The lowest BCUT2D eigenvalue weighted by atomic mass is 9.92. The lowest BCUT2D eigenvalue weighted by Gasteiger charge is -2.24. The van der Waals surface area contributed by atoms with E-state index in [2.05, 4.69) is 41.0 Å². The number of ketones is 1.